The second-order valence-corrected chi connectivity index (χ2v) is 2.66. The zero-order valence-corrected chi connectivity index (χ0v) is 11.4. The third-order valence-corrected chi connectivity index (χ3v) is 1.72. The molecule has 7 heteroatoms. The molecule has 0 aromatic heterocycles. The monoisotopic (exact) mass is 248 g/mol. The molecule has 0 unspecified atom stereocenters. The Morgan fingerprint density at radius 3 is 1.94 bits per heavy atom. The van der Waals surface area contributed by atoms with Gasteiger partial charge in [-0.3, -0.25) is 0 Å². The van der Waals surface area contributed by atoms with Crippen molar-refractivity contribution in [1.29, 1.82) is 0 Å². The number of carboxylic acids is 3. The van der Waals surface area contributed by atoms with Gasteiger partial charge in [0.1, 0.15) is 0 Å². The Labute approximate surface area is 132 Å². The van der Waals surface area contributed by atoms with Crippen LogP contribution in [0.2, 0.25) is 0 Å². The predicted octanol–water partition coefficient (Wildman–Crippen LogP) is -3.55. The van der Waals surface area contributed by atoms with Crippen LogP contribution in [0.4, 0.5) is 0 Å². The molecule has 0 aliphatic heterocycles. The first-order chi connectivity index (χ1) is 6.93. The summed E-state index contributed by atoms with van der Waals surface area (Å²) < 4.78 is 0. The molecule has 0 fully saturated rings. The first-order valence-corrected chi connectivity index (χ1v) is 3.75. The summed E-state index contributed by atoms with van der Waals surface area (Å²) in [4.78, 5) is 31.6. The van der Waals surface area contributed by atoms with Gasteiger partial charge >= 0.3 is 63.3 Å². The fraction of sp³-hybridized carbons (Fsp3) is 0. The molecule has 0 amide bonds. The van der Waals surface area contributed by atoms with E-state index in [0.717, 1.165) is 18.2 Å². The molecule has 0 bridgehead atoms. The van der Waals surface area contributed by atoms with E-state index in [9.17, 15) is 19.5 Å². The first kappa shape index (κ1) is 15.3. The van der Waals surface area contributed by atoms with Crippen molar-refractivity contribution in [3.8, 4) is 0 Å². The van der Waals surface area contributed by atoms with Crippen LogP contribution < -0.4 is 56.5 Å². The van der Waals surface area contributed by atoms with Crippen LogP contribution in [0.25, 0.3) is 0 Å². The predicted molar refractivity (Wildman–Crippen MR) is 44.7 cm³/mol. The van der Waals surface area contributed by atoms with Crippen molar-refractivity contribution >= 4 is 17.9 Å². The Morgan fingerprint density at radius 2 is 1.56 bits per heavy atom. The van der Waals surface area contributed by atoms with Crippen molar-refractivity contribution < 1.29 is 81.1 Å². The van der Waals surface area contributed by atoms with Crippen LogP contribution in [0.1, 0.15) is 31.1 Å². The molecule has 0 saturated heterocycles. The van der Waals surface area contributed by atoms with Crippen molar-refractivity contribution in [1.82, 2.24) is 0 Å². The number of hydrogen-bond acceptors (Lipinski definition) is 4. The number of carbonyl (C=O) groups excluding carboxylic acids is 1. The number of rotatable bonds is 3. The fourth-order valence-electron chi connectivity index (χ4n) is 1.03. The molecule has 0 radical (unpaired) electrons. The van der Waals surface area contributed by atoms with E-state index in [1.165, 1.54) is 0 Å². The van der Waals surface area contributed by atoms with Crippen molar-refractivity contribution in [2.45, 2.75) is 0 Å². The minimum Gasteiger partial charge on any atom is -0.545 e. The normalized spacial score (nSPS) is 9.00. The van der Waals surface area contributed by atoms with Gasteiger partial charge in [-0.15, -0.1) is 0 Å². The van der Waals surface area contributed by atoms with Gasteiger partial charge in [0.15, 0.2) is 0 Å². The molecule has 6 nitrogen and oxygen atoms in total. The zero-order chi connectivity index (χ0) is 11.6. The number of carboxylic acid groups (broad SMARTS) is 3. The largest absolute Gasteiger partial charge is 1.00 e. The number of aromatic carboxylic acids is 3. The van der Waals surface area contributed by atoms with Gasteiger partial charge in [0.25, 0.3) is 0 Å². The maximum absolute atomic E-state index is 10.6. The van der Waals surface area contributed by atoms with Gasteiger partial charge in [0.05, 0.1) is 17.1 Å². The average molecular weight is 248 g/mol. The van der Waals surface area contributed by atoms with Crippen LogP contribution in [0.15, 0.2) is 18.2 Å². The van der Waals surface area contributed by atoms with Gasteiger partial charge < -0.3 is 20.1 Å². The van der Waals surface area contributed by atoms with Gasteiger partial charge in [-0.25, -0.2) is 9.59 Å². The SMILES string of the molecule is O=C(O)c1ccc(C(=O)[O-])c(C(=O)O)c1.[K+]. The van der Waals surface area contributed by atoms with Crippen LogP contribution in [-0.4, -0.2) is 28.1 Å². The number of carbonyl (C=O) groups is 3. The minimum atomic E-state index is -1.66. The maximum atomic E-state index is 10.6. The topological polar surface area (TPSA) is 115 Å². The van der Waals surface area contributed by atoms with Crippen LogP contribution in [-0.2, 0) is 0 Å². The molecular weight excluding hydrogens is 243 g/mol. The van der Waals surface area contributed by atoms with E-state index in [1.54, 1.807) is 0 Å². The van der Waals surface area contributed by atoms with E-state index in [1.807, 2.05) is 0 Å². The molecule has 0 saturated carbocycles. The molecule has 0 spiro atoms. The van der Waals surface area contributed by atoms with Gasteiger partial charge in [0.2, 0.25) is 0 Å². The van der Waals surface area contributed by atoms with Crippen molar-refractivity contribution in [3.05, 3.63) is 34.9 Å². The molecule has 1 aromatic carbocycles. The summed E-state index contributed by atoms with van der Waals surface area (Å²) in [5.41, 5.74) is -1.44. The van der Waals surface area contributed by atoms with E-state index < -0.39 is 29.0 Å². The maximum Gasteiger partial charge on any atom is 1.00 e. The average Bonchev–Trinajstić information content (AvgIpc) is 2.16. The van der Waals surface area contributed by atoms with E-state index >= 15 is 0 Å². The van der Waals surface area contributed by atoms with Crippen LogP contribution in [0, 0.1) is 0 Å². The molecule has 0 heterocycles. The fourth-order valence-corrected chi connectivity index (χ4v) is 1.03. The minimum absolute atomic E-state index is 0. The van der Waals surface area contributed by atoms with Gasteiger partial charge in [0, 0.05) is 5.56 Å². The van der Waals surface area contributed by atoms with Gasteiger partial charge in [-0.05, 0) is 12.1 Å². The Morgan fingerprint density at radius 1 is 1.00 bits per heavy atom. The van der Waals surface area contributed by atoms with Crippen LogP contribution in [0.3, 0.4) is 0 Å². The summed E-state index contributed by atoms with van der Waals surface area (Å²) in [6.07, 6.45) is 0. The Hall–Kier alpha value is -0.734. The molecule has 2 N–H and O–H groups in total. The Bertz CT molecular complexity index is 453. The van der Waals surface area contributed by atoms with Crippen LogP contribution >= 0.6 is 0 Å². The van der Waals surface area contributed by atoms with E-state index in [0.29, 0.717) is 0 Å². The van der Waals surface area contributed by atoms with E-state index in [-0.39, 0.29) is 56.9 Å². The zero-order valence-electron chi connectivity index (χ0n) is 8.26. The molecular formula is C9H5KO6. The van der Waals surface area contributed by atoms with Crippen LogP contribution in [0.5, 0.6) is 0 Å². The summed E-state index contributed by atoms with van der Waals surface area (Å²) in [7, 11) is 0. The quantitative estimate of drug-likeness (QED) is 0.535. The third-order valence-electron chi connectivity index (χ3n) is 1.72. The van der Waals surface area contributed by atoms with Crippen molar-refractivity contribution in [2.75, 3.05) is 0 Å². The van der Waals surface area contributed by atoms with E-state index in [2.05, 4.69) is 0 Å². The molecule has 1 aromatic rings. The second kappa shape index (κ2) is 6.11. The number of hydrogen-bond donors (Lipinski definition) is 2. The third kappa shape index (κ3) is 3.39. The molecule has 1 rings (SSSR count). The van der Waals surface area contributed by atoms with Crippen molar-refractivity contribution in [2.24, 2.45) is 0 Å². The molecule has 16 heavy (non-hydrogen) atoms. The number of benzene rings is 1. The molecule has 0 aliphatic rings. The molecule has 0 aliphatic carbocycles. The summed E-state index contributed by atoms with van der Waals surface area (Å²) >= 11 is 0. The Kier molecular flexibility index (Phi) is 5.83. The second-order valence-electron chi connectivity index (χ2n) is 2.66. The molecule has 0 atom stereocenters. The summed E-state index contributed by atoms with van der Waals surface area (Å²) in [5.74, 6) is -4.51. The van der Waals surface area contributed by atoms with Gasteiger partial charge in [-0.2, -0.15) is 0 Å². The standard InChI is InChI=1S/C9H6O6.K/c10-7(11)4-1-2-5(8(12)13)6(3-4)9(14)15;/h1-3H,(H,10,11)(H,12,13)(H,14,15);/q;+1/p-1. The summed E-state index contributed by atoms with van der Waals surface area (Å²) in [6, 6.07) is 2.66. The van der Waals surface area contributed by atoms with Crippen molar-refractivity contribution in [3.63, 3.8) is 0 Å². The van der Waals surface area contributed by atoms with E-state index in [4.69, 9.17) is 10.2 Å². The smallest absolute Gasteiger partial charge is 0.545 e. The van der Waals surface area contributed by atoms with Gasteiger partial charge in [-0.1, -0.05) is 6.07 Å². The Balaban J connectivity index is 0.00000225. The summed E-state index contributed by atoms with van der Waals surface area (Å²) in [6.45, 7) is 0. The summed E-state index contributed by atoms with van der Waals surface area (Å²) in [5, 5.41) is 27.7. The molecule has 78 valence electrons. The first-order valence-electron chi connectivity index (χ1n) is 3.75.